The minimum Gasteiger partial charge on any atom is -0.494 e. The molecule has 0 aliphatic rings. The van der Waals surface area contributed by atoms with Crippen LogP contribution in [0.4, 0.5) is 11.4 Å². The maximum Gasteiger partial charge on any atom is 0.274 e. The van der Waals surface area contributed by atoms with Crippen molar-refractivity contribution in [3.8, 4) is 5.75 Å². The summed E-state index contributed by atoms with van der Waals surface area (Å²) in [5, 5.41) is 6.91. The van der Waals surface area contributed by atoms with Crippen LogP contribution in [0.25, 0.3) is 0 Å². The van der Waals surface area contributed by atoms with E-state index >= 15 is 0 Å². The molecule has 0 spiro atoms. The Hall–Kier alpha value is -2.50. The fourth-order valence-electron chi connectivity index (χ4n) is 1.82. The van der Waals surface area contributed by atoms with Gasteiger partial charge in [0.1, 0.15) is 11.4 Å². The van der Waals surface area contributed by atoms with Crippen LogP contribution >= 0.6 is 0 Å². The van der Waals surface area contributed by atoms with Crippen molar-refractivity contribution >= 4 is 17.3 Å². The number of anilines is 2. The van der Waals surface area contributed by atoms with Gasteiger partial charge >= 0.3 is 0 Å². The van der Waals surface area contributed by atoms with E-state index in [0.717, 1.165) is 5.69 Å². The Morgan fingerprint density at radius 2 is 2.16 bits per heavy atom. The molecule has 0 radical (unpaired) electrons. The molecule has 2 aromatic rings. The number of nitrogens with one attached hydrogen (secondary N) is 1. The van der Waals surface area contributed by atoms with Crippen LogP contribution in [0.15, 0.2) is 24.3 Å². The molecule has 1 amide bonds. The normalized spacial score (nSPS) is 10.3. The van der Waals surface area contributed by atoms with Gasteiger partial charge in [-0.25, -0.2) is 0 Å². The number of rotatable bonds is 3. The van der Waals surface area contributed by atoms with Crippen LogP contribution in [0.5, 0.6) is 5.75 Å². The molecule has 19 heavy (non-hydrogen) atoms. The van der Waals surface area contributed by atoms with Crippen LogP contribution < -0.4 is 15.8 Å². The average molecular weight is 260 g/mol. The van der Waals surface area contributed by atoms with Crippen molar-refractivity contribution in [2.45, 2.75) is 6.92 Å². The summed E-state index contributed by atoms with van der Waals surface area (Å²) in [6.07, 6.45) is 0. The van der Waals surface area contributed by atoms with Gasteiger partial charge in [-0.05, 0) is 25.1 Å². The zero-order valence-electron chi connectivity index (χ0n) is 11.1. The summed E-state index contributed by atoms with van der Waals surface area (Å²) in [6, 6.07) is 6.78. The highest BCUT2D eigenvalue weighted by Gasteiger charge is 2.14. The Labute approximate surface area is 111 Å². The molecule has 0 saturated heterocycles. The van der Waals surface area contributed by atoms with Gasteiger partial charge in [0.15, 0.2) is 0 Å². The van der Waals surface area contributed by atoms with Crippen molar-refractivity contribution in [2.75, 3.05) is 18.2 Å². The number of hydrogen-bond acceptors (Lipinski definition) is 4. The molecule has 6 nitrogen and oxygen atoms in total. The van der Waals surface area contributed by atoms with Gasteiger partial charge in [-0.1, -0.05) is 0 Å². The van der Waals surface area contributed by atoms with Crippen LogP contribution in [0.2, 0.25) is 0 Å². The number of amides is 1. The molecule has 100 valence electrons. The number of benzene rings is 1. The van der Waals surface area contributed by atoms with Gasteiger partial charge in [0.25, 0.3) is 5.91 Å². The van der Waals surface area contributed by atoms with E-state index in [4.69, 9.17) is 10.5 Å². The lowest BCUT2D eigenvalue weighted by molar-refractivity contribution is 0.101. The highest BCUT2D eigenvalue weighted by atomic mass is 16.5. The molecule has 0 aliphatic heterocycles. The van der Waals surface area contributed by atoms with Gasteiger partial charge in [-0.3, -0.25) is 9.48 Å². The maximum absolute atomic E-state index is 12.1. The summed E-state index contributed by atoms with van der Waals surface area (Å²) in [6.45, 7) is 1.83. The number of ether oxygens (including phenoxy) is 1. The minimum atomic E-state index is -0.244. The van der Waals surface area contributed by atoms with Gasteiger partial charge in [0, 0.05) is 18.8 Å². The lowest BCUT2D eigenvalue weighted by atomic mass is 10.2. The molecule has 2 rings (SSSR count). The van der Waals surface area contributed by atoms with Gasteiger partial charge < -0.3 is 15.8 Å². The van der Waals surface area contributed by atoms with Gasteiger partial charge in [-0.15, -0.1) is 0 Å². The lowest BCUT2D eigenvalue weighted by Gasteiger charge is -2.10. The smallest absolute Gasteiger partial charge is 0.274 e. The monoisotopic (exact) mass is 260 g/mol. The molecule has 1 aromatic carbocycles. The molecule has 0 saturated carbocycles. The zero-order valence-corrected chi connectivity index (χ0v) is 11.1. The summed E-state index contributed by atoms with van der Waals surface area (Å²) < 4.78 is 6.72. The zero-order chi connectivity index (χ0) is 14.0. The number of aromatic nitrogens is 2. The molecule has 1 aromatic heterocycles. The molecule has 0 aliphatic carbocycles. The third-order valence-electron chi connectivity index (χ3n) is 2.71. The molecule has 0 unspecified atom stereocenters. The first-order valence-corrected chi connectivity index (χ1v) is 5.76. The average Bonchev–Trinajstić information content (AvgIpc) is 2.70. The van der Waals surface area contributed by atoms with Gasteiger partial charge in [0.05, 0.1) is 18.5 Å². The predicted octanol–water partition coefficient (Wildman–Crippen LogP) is 1.57. The van der Waals surface area contributed by atoms with E-state index in [0.29, 0.717) is 22.8 Å². The molecular weight excluding hydrogens is 244 g/mol. The minimum absolute atomic E-state index is 0.244. The second kappa shape index (κ2) is 5.01. The summed E-state index contributed by atoms with van der Waals surface area (Å²) in [5.74, 6) is 0.276. The van der Waals surface area contributed by atoms with E-state index in [9.17, 15) is 4.79 Å². The fraction of sp³-hybridized carbons (Fsp3) is 0.231. The second-order valence-corrected chi connectivity index (χ2v) is 4.21. The lowest BCUT2D eigenvalue weighted by Crippen LogP contribution is -2.16. The van der Waals surface area contributed by atoms with Crippen molar-refractivity contribution in [1.29, 1.82) is 0 Å². The maximum atomic E-state index is 12.1. The van der Waals surface area contributed by atoms with Crippen LogP contribution in [-0.2, 0) is 7.05 Å². The Balaban J connectivity index is 2.26. The highest BCUT2D eigenvalue weighted by molar-refractivity contribution is 6.04. The Kier molecular flexibility index (Phi) is 3.41. The van der Waals surface area contributed by atoms with Crippen molar-refractivity contribution in [3.63, 3.8) is 0 Å². The number of methoxy groups -OCH3 is 1. The Bertz CT molecular complexity index is 619. The number of nitrogens with two attached hydrogens (primary N) is 1. The summed E-state index contributed by atoms with van der Waals surface area (Å²) in [5.41, 5.74) is 8.08. The third-order valence-corrected chi connectivity index (χ3v) is 2.71. The highest BCUT2D eigenvalue weighted by Crippen LogP contribution is 2.27. The number of hydrogen-bond donors (Lipinski definition) is 2. The quantitative estimate of drug-likeness (QED) is 0.821. The molecular formula is C13H16N4O2. The van der Waals surface area contributed by atoms with E-state index in [-0.39, 0.29) is 5.91 Å². The van der Waals surface area contributed by atoms with Crippen LogP contribution in [0, 0.1) is 6.92 Å². The topological polar surface area (TPSA) is 82.2 Å². The van der Waals surface area contributed by atoms with E-state index < -0.39 is 0 Å². The van der Waals surface area contributed by atoms with E-state index in [1.54, 1.807) is 31.3 Å². The first-order chi connectivity index (χ1) is 9.01. The SMILES string of the molecule is COc1cc(N)ccc1NC(=O)c1cc(C)nn1C. The predicted molar refractivity (Wildman–Crippen MR) is 73.3 cm³/mol. The first kappa shape index (κ1) is 12.9. The van der Waals surface area contributed by atoms with Crippen molar-refractivity contribution in [3.05, 3.63) is 35.7 Å². The molecule has 1 heterocycles. The second-order valence-electron chi connectivity index (χ2n) is 4.21. The third kappa shape index (κ3) is 2.67. The van der Waals surface area contributed by atoms with Gasteiger partial charge in [0.2, 0.25) is 0 Å². The van der Waals surface area contributed by atoms with Crippen LogP contribution in [-0.4, -0.2) is 22.8 Å². The summed E-state index contributed by atoms with van der Waals surface area (Å²) in [7, 11) is 3.25. The molecule has 3 N–H and O–H groups in total. The number of carbonyl (C=O) groups is 1. The number of nitrogen functional groups attached to an aromatic ring is 1. The van der Waals surface area contributed by atoms with Crippen LogP contribution in [0.3, 0.4) is 0 Å². The molecule has 0 atom stereocenters. The number of aryl methyl sites for hydroxylation is 2. The fourth-order valence-corrected chi connectivity index (χ4v) is 1.82. The largest absolute Gasteiger partial charge is 0.494 e. The first-order valence-electron chi connectivity index (χ1n) is 5.76. The van der Waals surface area contributed by atoms with E-state index in [1.807, 2.05) is 6.92 Å². The van der Waals surface area contributed by atoms with E-state index in [1.165, 1.54) is 11.8 Å². The molecule has 0 fully saturated rings. The standard InChI is InChI=1S/C13H16N4O2/c1-8-6-11(17(2)16-8)13(18)15-10-5-4-9(14)7-12(10)19-3/h4-7H,14H2,1-3H3,(H,15,18). The Morgan fingerprint density at radius 1 is 1.42 bits per heavy atom. The number of carbonyl (C=O) groups excluding carboxylic acids is 1. The van der Waals surface area contributed by atoms with Gasteiger partial charge in [-0.2, -0.15) is 5.10 Å². The molecule has 6 heteroatoms. The Morgan fingerprint density at radius 3 is 2.74 bits per heavy atom. The summed E-state index contributed by atoms with van der Waals surface area (Å²) in [4.78, 5) is 12.1. The van der Waals surface area contributed by atoms with Crippen molar-refractivity contribution < 1.29 is 9.53 Å². The van der Waals surface area contributed by atoms with E-state index in [2.05, 4.69) is 10.4 Å². The summed E-state index contributed by atoms with van der Waals surface area (Å²) >= 11 is 0. The van der Waals surface area contributed by atoms with Crippen LogP contribution in [0.1, 0.15) is 16.2 Å². The van der Waals surface area contributed by atoms with Crippen molar-refractivity contribution in [2.24, 2.45) is 7.05 Å². The van der Waals surface area contributed by atoms with Crippen molar-refractivity contribution in [1.82, 2.24) is 9.78 Å². The number of nitrogens with zero attached hydrogens (tertiary/aromatic N) is 2. The molecule has 0 bridgehead atoms.